The molecule has 4 rings (SSSR count). The topological polar surface area (TPSA) is 50.4 Å². The maximum absolute atomic E-state index is 12.5. The van der Waals surface area contributed by atoms with Crippen molar-refractivity contribution in [2.24, 2.45) is 5.92 Å². The highest BCUT2D eigenvalue weighted by molar-refractivity contribution is 5.88. The van der Waals surface area contributed by atoms with Gasteiger partial charge in [0.05, 0.1) is 7.11 Å². The molecule has 132 valence electrons. The van der Waals surface area contributed by atoms with Crippen molar-refractivity contribution in [2.45, 2.75) is 50.7 Å². The fourth-order valence-electron chi connectivity index (χ4n) is 4.55. The molecule has 0 spiro atoms. The minimum Gasteiger partial charge on any atom is -0.496 e. The second-order valence-electron chi connectivity index (χ2n) is 7.42. The van der Waals surface area contributed by atoms with E-state index in [2.05, 4.69) is 28.8 Å². The van der Waals surface area contributed by atoms with Crippen molar-refractivity contribution < 1.29 is 9.53 Å². The molecule has 4 nitrogen and oxygen atoms in total. The summed E-state index contributed by atoms with van der Waals surface area (Å²) in [6.07, 6.45) is 5.47. The largest absolute Gasteiger partial charge is 0.496 e. The van der Waals surface area contributed by atoms with E-state index >= 15 is 0 Å². The molecule has 0 aliphatic carbocycles. The van der Waals surface area contributed by atoms with E-state index in [1.807, 2.05) is 18.2 Å². The lowest BCUT2D eigenvalue weighted by atomic mass is 9.89. The number of piperidine rings is 1. The summed E-state index contributed by atoms with van der Waals surface area (Å²) >= 11 is 0. The lowest BCUT2D eigenvalue weighted by molar-refractivity contribution is -0.122. The van der Waals surface area contributed by atoms with E-state index in [1.165, 1.54) is 18.2 Å². The highest BCUT2D eigenvalue weighted by Gasteiger charge is 2.34. The Hall–Kier alpha value is -2.07. The third-order valence-corrected chi connectivity index (χ3v) is 5.72. The number of nitrogens with one attached hydrogen (secondary N) is 2. The Morgan fingerprint density at radius 1 is 1.16 bits per heavy atom. The first-order valence-electron chi connectivity index (χ1n) is 9.30. The highest BCUT2D eigenvalue weighted by atomic mass is 16.5. The van der Waals surface area contributed by atoms with Crippen LogP contribution in [-0.4, -0.2) is 25.1 Å². The Kier molecular flexibility index (Phi) is 4.62. The molecular weight excluding hydrogens is 312 g/mol. The lowest BCUT2D eigenvalue weighted by Gasteiger charge is -2.28. The Labute approximate surface area is 148 Å². The fourth-order valence-corrected chi connectivity index (χ4v) is 4.55. The number of hydrogen-bond donors (Lipinski definition) is 2. The van der Waals surface area contributed by atoms with E-state index in [1.54, 1.807) is 7.11 Å². The maximum Gasteiger partial charge on any atom is 0.220 e. The summed E-state index contributed by atoms with van der Waals surface area (Å²) < 4.78 is 5.51. The molecule has 0 aromatic heterocycles. The van der Waals surface area contributed by atoms with Crippen molar-refractivity contribution in [1.82, 2.24) is 10.6 Å². The van der Waals surface area contributed by atoms with E-state index < -0.39 is 0 Å². The van der Waals surface area contributed by atoms with Gasteiger partial charge in [0.1, 0.15) is 5.75 Å². The molecule has 2 fully saturated rings. The first-order chi connectivity index (χ1) is 12.2. The number of carbonyl (C=O) groups is 1. The number of rotatable bonds is 5. The Morgan fingerprint density at radius 3 is 2.68 bits per heavy atom. The van der Waals surface area contributed by atoms with Crippen LogP contribution < -0.4 is 15.4 Å². The van der Waals surface area contributed by atoms with Crippen LogP contribution in [0.5, 0.6) is 5.75 Å². The number of ether oxygens (including phenoxy) is 1. The molecule has 0 saturated carbocycles. The number of fused-ring (bicyclic) bond motifs is 3. The summed E-state index contributed by atoms with van der Waals surface area (Å²) in [5.74, 6) is 1.51. The van der Waals surface area contributed by atoms with Crippen molar-refractivity contribution in [2.75, 3.05) is 7.11 Å². The molecule has 2 saturated heterocycles. The van der Waals surface area contributed by atoms with Crippen molar-refractivity contribution in [3.8, 4) is 5.75 Å². The fraction of sp³-hybridized carbons (Fsp3) is 0.476. The van der Waals surface area contributed by atoms with Gasteiger partial charge < -0.3 is 15.4 Å². The number of amides is 1. The van der Waals surface area contributed by atoms with E-state index in [-0.39, 0.29) is 5.91 Å². The van der Waals surface area contributed by atoms with Gasteiger partial charge in [-0.15, -0.1) is 0 Å². The summed E-state index contributed by atoms with van der Waals surface area (Å²) in [5.41, 5.74) is 1.05. The quantitative estimate of drug-likeness (QED) is 0.879. The van der Waals surface area contributed by atoms with Crippen LogP contribution in [0.3, 0.4) is 0 Å². The van der Waals surface area contributed by atoms with Gasteiger partial charge in [-0.3, -0.25) is 4.79 Å². The Balaban J connectivity index is 1.42. The summed E-state index contributed by atoms with van der Waals surface area (Å²) in [6, 6.07) is 13.5. The number of carbonyl (C=O) groups excluding carboxylic acids is 1. The normalized spacial score (nSPS) is 25.1. The molecule has 0 radical (unpaired) electrons. The molecule has 25 heavy (non-hydrogen) atoms. The van der Waals surface area contributed by atoms with E-state index in [9.17, 15) is 4.79 Å². The molecule has 2 N–H and O–H groups in total. The highest BCUT2D eigenvalue weighted by Crippen LogP contribution is 2.33. The minimum absolute atomic E-state index is 0.154. The smallest absolute Gasteiger partial charge is 0.220 e. The molecular formula is C21H26N2O2. The SMILES string of the molecule is COc1ccc2ccccc2c1CNC(=O)CC1CC2CCC(C1)N2. The summed E-state index contributed by atoms with van der Waals surface area (Å²) in [4.78, 5) is 12.5. The second-order valence-corrected chi connectivity index (χ2v) is 7.42. The molecule has 2 aliphatic heterocycles. The van der Waals surface area contributed by atoms with Crippen LogP contribution in [0.1, 0.15) is 37.7 Å². The zero-order valence-electron chi connectivity index (χ0n) is 14.8. The minimum atomic E-state index is 0.154. The van der Waals surface area contributed by atoms with Crippen LogP contribution in [0.25, 0.3) is 10.8 Å². The summed E-state index contributed by atoms with van der Waals surface area (Å²) in [7, 11) is 1.68. The first kappa shape index (κ1) is 16.4. The molecule has 2 unspecified atom stereocenters. The number of benzene rings is 2. The van der Waals surface area contributed by atoms with Crippen LogP contribution >= 0.6 is 0 Å². The van der Waals surface area contributed by atoms with E-state index in [0.717, 1.165) is 29.5 Å². The first-order valence-corrected chi connectivity index (χ1v) is 9.30. The second kappa shape index (κ2) is 7.04. The monoisotopic (exact) mass is 338 g/mol. The Morgan fingerprint density at radius 2 is 1.92 bits per heavy atom. The van der Waals surface area contributed by atoms with Crippen LogP contribution in [-0.2, 0) is 11.3 Å². The van der Waals surface area contributed by atoms with Gasteiger partial charge in [0.2, 0.25) is 5.91 Å². The molecule has 2 aromatic carbocycles. The number of methoxy groups -OCH3 is 1. The standard InChI is InChI=1S/C21H26N2O2/c1-25-20-9-6-15-4-2-3-5-18(15)19(20)13-22-21(24)12-14-10-16-7-8-17(11-14)23-16/h2-6,9,14,16-17,23H,7-8,10-13H2,1H3,(H,22,24). The maximum atomic E-state index is 12.5. The molecule has 2 heterocycles. The molecule has 2 aromatic rings. The van der Waals surface area contributed by atoms with Gasteiger partial charge in [0.25, 0.3) is 0 Å². The van der Waals surface area contributed by atoms with Gasteiger partial charge in [-0.25, -0.2) is 0 Å². The van der Waals surface area contributed by atoms with Crippen LogP contribution in [0, 0.1) is 5.92 Å². The van der Waals surface area contributed by atoms with Gasteiger partial charge in [-0.05, 0) is 48.4 Å². The predicted octanol–water partition coefficient (Wildman–Crippen LogP) is 3.39. The zero-order valence-corrected chi connectivity index (χ0v) is 14.8. The lowest BCUT2D eigenvalue weighted by Crippen LogP contribution is -2.39. The third kappa shape index (κ3) is 3.49. The van der Waals surface area contributed by atoms with E-state index in [0.29, 0.717) is 31.0 Å². The third-order valence-electron chi connectivity index (χ3n) is 5.72. The van der Waals surface area contributed by atoms with Crippen LogP contribution in [0.2, 0.25) is 0 Å². The van der Waals surface area contributed by atoms with Crippen molar-refractivity contribution in [1.29, 1.82) is 0 Å². The van der Waals surface area contributed by atoms with Gasteiger partial charge in [0.15, 0.2) is 0 Å². The van der Waals surface area contributed by atoms with Gasteiger partial charge in [0, 0.05) is 30.6 Å². The molecule has 2 aliphatic rings. The molecule has 2 atom stereocenters. The average Bonchev–Trinajstić information content (AvgIpc) is 2.97. The van der Waals surface area contributed by atoms with Gasteiger partial charge >= 0.3 is 0 Å². The van der Waals surface area contributed by atoms with Gasteiger partial charge in [-0.2, -0.15) is 0 Å². The van der Waals surface area contributed by atoms with E-state index in [4.69, 9.17) is 4.74 Å². The van der Waals surface area contributed by atoms with Crippen molar-refractivity contribution in [3.63, 3.8) is 0 Å². The van der Waals surface area contributed by atoms with Crippen molar-refractivity contribution in [3.05, 3.63) is 42.0 Å². The summed E-state index contributed by atoms with van der Waals surface area (Å²) in [6.45, 7) is 0.515. The van der Waals surface area contributed by atoms with Crippen molar-refractivity contribution >= 4 is 16.7 Å². The predicted molar refractivity (Wildman–Crippen MR) is 99.6 cm³/mol. The van der Waals surface area contributed by atoms with Crippen LogP contribution in [0.4, 0.5) is 0 Å². The molecule has 1 amide bonds. The molecule has 4 heteroatoms. The summed E-state index contributed by atoms with van der Waals surface area (Å²) in [5, 5.41) is 9.07. The zero-order chi connectivity index (χ0) is 17.2. The Bertz CT molecular complexity index is 762. The van der Waals surface area contributed by atoms with Crippen LogP contribution in [0.15, 0.2) is 36.4 Å². The van der Waals surface area contributed by atoms with Gasteiger partial charge in [-0.1, -0.05) is 30.3 Å². The average molecular weight is 338 g/mol. The number of hydrogen-bond acceptors (Lipinski definition) is 3. The molecule has 2 bridgehead atoms.